The van der Waals surface area contributed by atoms with Gasteiger partial charge in [0.15, 0.2) is 0 Å². The zero-order valence-electron chi connectivity index (χ0n) is 6.00. The first-order chi connectivity index (χ1) is 4.70. The van der Waals surface area contributed by atoms with Crippen LogP contribution in [0, 0.1) is 0 Å². The van der Waals surface area contributed by atoms with E-state index in [2.05, 4.69) is 0 Å². The lowest BCUT2D eigenvalue weighted by molar-refractivity contribution is 0.0886. The fraction of sp³-hybridized carbons (Fsp3) is 0.714. The van der Waals surface area contributed by atoms with E-state index in [1.165, 1.54) is 0 Å². The van der Waals surface area contributed by atoms with Crippen LogP contribution < -0.4 is 0 Å². The van der Waals surface area contributed by atoms with Crippen LogP contribution in [0.5, 0.6) is 0 Å². The Balaban J connectivity index is 3.45. The summed E-state index contributed by atoms with van der Waals surface area (Å²) in [6.07, 6.45) is 0.228. The van der Waals surface area contributed by atoms with Crippen molar-refractivity contribution in [2.24, 2.45) is 0 Å². The molecular formula is C7H12O3. The summed E-state index contributed by atoms with van der Waals surface area (Å²) in [6, 6.07) is 0. The van der Waals surface area contributed by atoms with Crippen LogP contribution >= 0.6 is 0 Å². The van der Waals surface area contributed by atoms with Crippen molar-refractivity contribution in [3.63, 3.8) is 0 Å². The van der Waals surface area contributed by atoms with E-state index in [9.17, 15) is 4.79 Å². The summed E-state index contributed by atoms with van der Waals surface area (Å²) in [5.41, 5.74) is 0.576. The normalized spacial score (nSPS) is 12.3. The molecule has 0 bridgehead atoms. The molecule has 58 valence electrons. The molecule has 0 fully saturated rings. The van der Waals surface area contributed by atoms with Crippen molar-refractivity contribution in [1.82, 2.24) is 0 Å². The Hall–Kier alpha value is -0.630. The minimum absolute atomic E-state index is 0.244. The predicted molar refractivity (Wildman–Crippen MR) is 37.2 cm³/mol. The van der Waals surface area contributed by atoms with E-state index >= 15 is 0 Å². The van der Waals surface area contributed by atoms with E-state index in [0.29, 0.717) is 18.4 Å². The van der Waals surface area contributed by atoms with Crippen LogP contribution in [0.4, 0.5) is 0 Å². The Labute approximate surface area is 60.0 Å². The maximum absolute atomic E-state index is 9.90. The number of aliphatic hydroxyl groups excluding tert-OH is 2. The molecule has 0 amide bonds. The molecule has 0 aliphatic rings. The predicted octanol–water partition coefficient (Wildman–Crippen LogP) is -0.102. The second-order valence-electron chi connectivity index (χ2n) is 2.26. The van der Waals surface area contributed by atoms with Crippen LogP contribution in [0.2, 0.25) is 0 Å². The van der Waals surface area contributed by atoms with Gasteiger partial charge in [-0.25, -0.2) is 4.79 Å². The molecule has 0 radical (unpaired) electrons. The fourth-order valence-electron chi connectivity index (χ4n) is 0.525. The molecule has 0 saturated heterocycles. The Kier molecular flexibility index (Phi) is 4.85. The molecule has 0 aromatic carbocycles. The third kappa shape index (κ3) is 4.27. The molecule has 0 aromatic heterocycles. The first-order valence-electron chi connectivity index (χ1n) is 3.20. The standard InChI is InChI=1S/C7H12O3/c1-6(4-8)2-3-7(10)5-9/h7,9-10H,2-3,5H2,1H3. The third-order valence-electron chi connectivity index (χ3n) is 1.24. The highest BCUT2D eigenvalue weighted by Crippen LogP contribution is 2.02. The molecule has 0 aliphatic heterocycles. The van der Waals surface area contributed by atoms with Gasteiger partial charge in [-0.3, -0.25) is 0 Å². The second kappa shape index (κ2) is 5.18. The maximum Gasteiger partial charge on any atom is 0.123 e. The molecule has 3 nitrogen and oxygen atoms in total. The molecule has 0 aromatic rings. The van der Waals surface area contributed by atoms with Gasteiger partial charge >= 0.3 is 0 Å². The van der Waals surface area contributed by atoms with Gasteiger partial charge in [0.25, 0.3) is 0 Å². The summed E-state index contributed by atoms with van der Waals surface area (Å²) in [5.74, 6) is 1.72. The smallest absolute Gasteiger partial charge is 0.123 e. The molecule has 2 N–H and O–H groups in total. The van der Waals surface area contributed by atoms with Gasteiger partial charge in [0.2, 0.25) is 0 Å². The van der Waals surface area contributed by atoms with Gasteiger partial charge in [-0.15, -0.1) is 0 Å². The number of allylic oxidation sites excluding steroid dienone is 1. The third-order valence-corrected chi connectivity index (χ3v) is 1.24. The minimum Gasteiger partial charge on any atom is -0.394 e. The number of carbonyl (C=O) groups excluding carboxylic acids is 1. The van der Waals surface area contributed by atoms with Crippen LogP contribution in [0.3, 0.4) is 0 Å². The van der Waals surface area contributed by atoms with E-state index < -0.39 is 6.10 Å². The van der Waals surface area contributed by atoms with Gasteiger partial charge in [-0.05, 0) is 19.8 Å². The largest absolute Gasteiger partial charge is 0.394 e. The van der Waals surface area contributed by atoms with Gasteiger partial charge in [0, 0.05) is 5.57 Å². The molecule has 0 spiro atoms. The maximum atomic E-state index is 9.90. The van der Waals surface area contributed by atoms with Crippen LogP contribution in [0.25, 0.3) is 0 Å². The molecular weight excluding hydrogens is 132 g/mol. The van der Waals surface area contributed by atoms with Crippen molar-refractivity contribution in [3.05, 3.63) is 5.57 Å². The highest BCUT2D eigenvalue weighted by molar-refractivity contribution is 5.50. The summed E-state index contributed by atoms with van der Waals surface area (Å²) in [4.78, 5) is 9.90. The van der Waals surface area contributed by atoms with Crippen LogP contribution in [-0.4, -0.2) is 28.9 Å². The first-order valence-corrected chi connectivity index (χ1v) is 3.20. The van der Waals surface area contributed by atoms with E-state index in [-0.39, 0.29) is 6.61 Å². The summed E-state index contributed by atoms with van der Waals surface area (Å²) < 4.78 is 0. The fourth-order valence-corrected chi connectivity index (χ4v) is 0.525. The van der Waals surface area contributed by atoms with E-state index in [1.807, 2.05) is 0 Å². The van der Waals surface area contributed by atoms with Crippen LogP contribution in [0.1, 0.15) is 19.8 Å². The van der Waals surface area contributed by atoms with E-state index in [4.69, 9.17) is 10.2 Å². The number of hydrogen-bond donors (Lipinski definition) is 2. The van der Waals surface area contributed by atoms with Gasteiger partial charge in [-0.2, -0.15) is 0 Å². The van der Waals surface area contributed by atoms with Crippen molar-refractivity contribution < 1.29 is 15.0 Å². The molecule has 0 saturated carbocycles. The summed E-state index contributed by atoms with van der Waals surface area (Å²) in [6.45, 7) is 1.41. The zero-order chi connectivity index (χ0) is 7.98. The minimum atomic E-state index is -0.705. The van der Waals surface area contributed by atoms with Gasteiger partial charge < -0.3 is 10.2 Å². The zero-order valence-corrected chi connectivity index (χ0v) is 6.00. The number of hydrogen-bond acceptors (Lipinski definition) is 3. The highest BCUT2D eigenvalue weighted by atomic mass is 16.3. The molecule has 0 aliphatic carbocycles. The Morgan fingerprint density at radius 1 is 1.70 bits per heavy atom. The Bertz CT molecular complexity index is 136. The SMILES string of the molecule is CC(=C=O)CCC(O)CO. The molecule has 1 atom stereocenters. The average molecular weight is 144 g/mol. The monoisotopic (exact) mass is 144 g/mol. The Morgan fingerprint density at radius 2 is 2.30 bits per heavy atom. The topological polar surface area (TPSA) is 57.5 Å². The molecule has 10 heavy (non-hydrogen) atoms. The van der Waals surface area contributed by atoms with Gasteiger partial charge in [-0.1, -0.05) is 0 Å². The summed E-state index contributed by atoms with van der Waals surface area (Å²) in [7, 11) is 0. The number of aliphatic hydroxyl groups is 2. The van der Waals surface area contributed by atoms with E-state index in [1.54, 1.807) is 12.9 Å². The van der Waals surface area contributed by atoms with Crippen LogP contribution in [0.15, 0.2) is 5.57 Å². The van der Waals surface area contributed by atoms with E-state index in [0.717, 1.165) is 0 Å². The lowest BCUT2D eigenvalue weighted by Gasteiger charge is -2.03. The summed E-state index contributed by atoms with van der Waals surface area (Å²) >= 11 is 0. The molecule has 3 heteroatoms. The number of rotatable bonds is 4. The van der Waals surface area contributed by atoms with Crippen molar-refractivity contribution in [1.29, 1.82) is 0 Å². The average Bonchev–Trinajstić information content (AvgIpc) is 1.99. The van der Waals surface area contributed by atoms with Crippen LogP contribution in [-0.2, 0) is 4.79 Å². The van der Waals surface area contributed by atoms with Gasteiger partial charge in [0.1, 0.15) is 5.94 Å². The first kappa shape index (κ1) is 9.37. The molecule has 1 unspecified atom stereocenters. The lowest BCUT2D eigenvalue weighted by Crippen LogP contribution is -2.11. The summed E-state index contributed by atoms with van der Waals surface area (Å²) in [5, 5.41) is 17.2. The Morgan fingerprint density at radius 3 is 2.70 bits per heavy atom. The molecule has 0 heterocycles. The lowest BCUT2D eigenvalue weighted by atomic mass is 10.1. The van der Waals surface area contributed by atoms with Gasteiger partial charge in [0.05, 0.1) is 12.7 Å². The quantitative estimate of drug-likeness (QED) is 0.541. The second-order valence-corrected chi connectivity index (χ2v) is 2.26. The van der Waals surface area contributed by atoms with Crippen molar-refractivity contribution >= 4 is 5.94 Å². The van der Waals surface area contributed by atoms with Crippen molar-refractivity contribution in [3.8, 4) is 0 Å². The highest BCUT2D eigenvalue weighted by Gasteiger charge is 2.01. The van der Waals surface area contributed by atoms with Crippen molar-refractivity contribution in [2.75, 3.05) is 6.61 Å². The molecule has 0 rings (SSSR count). The van der Waals surface area contributed by atoms with Crippen molar-refractivity contribution in [2.45, 2.75) is 25.9 Å².